The topological polar surface area (TPSA) is 78.9 Å². The molecule has 1 fully saturated rings. The number of amides is 2. The second-order valence-corrected chi connectivity index (χ2v) is 3.96. The molecule has 0 aromatic heterocycles. The minimum Gasteiger partial charge on any atom is -0.480 e. The number of nitrogens with zero attached hydrogens (tertiary/aromatic N) is 1. The van der Waals surface area contributed by atoms with E-state index >= 15 is 0 Å². The molecular formula is C10H18N2O4. The lowest BCUT2D eigenvalue weighted by molar-refractivity contribution is -0.139. The molecule has 6 nitrogen and oxygen atoms in total. The monoisotopic (exact) mass is 230 g/mol. The van der Waals surface area contributed by atoms with Gasteiger partial charge in [0.05, 0.1) is 0 Å². The van der Waals surface area contributed by atoms with E-state index in [1.54, 1.807) is 11.9 Å². The highest BCUT2D eigenvalue weighted by atomic mass is 16.5. The van der Waals surface area contributed by atoms with Crippen LogP contribution in [0.15, 0.2) is 0 Å². The van der Waals surface area contributed by atoms with Crippen molar-refractivity contribution in [3.63, 3.8) is 0 Å². The summed E-state index contributed by atoms with van der Waals surface area (Å²) in [5, 5.41) is 11.4. The number of aliphatic carboxylic acids is 1. The van der Waals surface area contributed by atoms with Crippen molar-refractivity contribution in [3.8, 4) is 0 Å². The Kier molecular flexibility index (Phi) is 4.54. The summed E-state index contributed by atoms with van der Waals surface area (Å²) in [5.74, 6) is -1.03. The van der Waals surface area contributed by atoms with Gasteiger partial charge in [-0.25, -0.2) is 9.59 Å². The molecule has 1 rings (SSSR count). The van der Waals surface area contributed by atoms with E-state index in [9.17, 15) is 9.59 Å². The summed E-state index contributed by atoms with van der Waals surface area (Å²) >= 11 is 0. The quantitative estimate of drug-likeness (QED) is 0.687. The van der Waals surface area contributed by atoms with Gasteiger partial charge in [0.25, 0.3) is 0 Å². The molecule has 0 radical (unpaired) electrons. The molecule has 0 bridgehead atoms. The predicted octanol–water partition coefficient (Wildman–Crippen LogP) is 0.280. The minimum atomic E-state index is -1.03. The molecule has 1 atom stereocenters. The van der Waals surface area contributed by atoms with Gasteiger partial charge >= 0.3 is 12.0 Å². The number of nitrogens with one attached hydrogen (secondary N) is 1. The minimum absolute atomic E-state index is 0.274. The van der Waals surface area contributed by atoms with Gasteiger partial charge in [0, 0.05) is 33.2 Å². The van der Waals surface area contributed by atoms with Crippen LogP contribution in [0.25, 0.3) is 0 Å². The maximum absolute atomic E-state index is 11.6. The highest BCUT2D eigenvalue weighted by Gasteiger charge is 2.31. The van der Waals surface area contributed by atoms with E-state index in [0.29, 0.717) is 6.61 Å². The van der Waals surface area contributed by atoms with Gasteiger partial charge < -0.3 is 20.1 Å². The molecule has 0 spiro atoms. The summed E-state index contributed by atoms with van der Waals surface area (Å²) in [5.41, 5.74) is 0. The van der Waals surface area contributed by atoms with Crippen LogP contribution in [0.2, 0.25) is 0 Å². The number of hydrogen-bond acceptors (Lipinski definition) is 3. The number of rotatable bonds is 6. The smallest absolute Gasteiger partial charge is 0.326 e. The van der Waals surface area contributed by atoms with Crippen molar-refractivity contribution >= 4 is 12.0 Å². The Bertz CT molecular complexity index is 266. The standard InChI is InChI=1S/C10H18N2O4/c1-12(7-3-4-7)10(15)11-8(9(13)14)5-6-16-2/h7-8H,3-6H2,1-2H3,(H,11,15)(H,13,14). The summed E-state index contributed by atoms with van der Waals surface area (Å²) in [6.45, 7) is 0.310. The molecule has 0 aliphatic heterocycles. The Morgan fingerprint density at radius 1 is 1.56 bits per heavy atom. The lowest BCUT2D eigenvalue weighted by Crippen LogP contribution is -2.47. The van der Waals surface area contributed by atoms with Crippen molar-refractivity contribution in [1.29, 1.82) is 0 Å². The van der Waals surface area contributed by atoms with Crippen LogP contribution in [0, 0.1) is 0 Å². The van der Waals surface area contributed by atoms with Gasteiger partial charge in [-0.05, 0) is 12.8 Å². The van der Waals surface area contributed by atoms with Crippen molar-refractivity contribution < 1.29 is 19.4 Å². The Balaban J connectivity index is 2.40. The Morgan fingerprint density at radius 2 is 2.19 bits per heavy atom. The Labute approximate surface area is 94.6 Å². The molecule has 0 aromatic rings. The van der Waals surface area contributed by atoms with Gasteiger partial charge in [0.15, 0.2) is 0 Å². The molecule has 2 N–H and O–H groups in total. The summed E-state index contributed by atoms with van der Waals surface area (Å²) in [7, 11) is 3.18. The maximum atomic E-state index is 11.6. The molecule has 2 amide bonds. The number of carbonyl (C=O) groups excluding carboxylic acids is 1. The molecular weight excluding hydrogens is 212 g/mol. The van der Waals surface area contributed by atoms with E-state index in [1.165, 1.54) is 7.11 Å². The van der Waals surface area contributed by atoms with E-state index < -0.39 is 12.0 Å². The average molecular weight is 230 g/mol. The second-order valence-electron chi connectivity index (χ2n) is 3.96. The SMILES string of the molecule is COCCC(NC(=O)N(C)C1CC1)C(=O)O. The Hall–Kier alpha value is -1.30. The van der Waals surface area contributed by atoms with Gasteiger partial charge in [-0.2, -0.15) is 0 Å². The zero-order valence-corrected chi connectivity index (χ0v) is 9.60. The average Bonchev–Trinajstić information content (AvgIpc) is 3.05. The van der Waals surface area contributed by atoms with Crippen molar-refractivity contribution in [2.75, 3.05) is 20.8 Å². The van der Waals surface area contributed by atoms with Gasteiger partial charge in [-0.3, -0.25) is 0 Å². The number of methoxy groups -OCH3 is 1. The van der Waals surface area contributed by atoms with Crippen LogP contribution in [0.4, 0.5) is 4.79 Å². The van der Waals surface area contributed by atoms with Crippen LogP contribution in [0.5, 0.6) is 0 Å². The van der Waals surface area contributed by atoms with Crippen molar-refractivity contribution in [2.24, 2.45) is 0 Å². The van der Waals surface area contributed by atoms with E-state index in [1.807, 2.05) is 0 Å². The third-order valence-corrected chi connectivity index (χ3v) is 2.62. The largest absolute Gasteiger partial charge is 0.480 e. The summed E-state index contributed by atoms with van der Waals surface area (Å²) < 4.78 is 4.80. The molecule has 16 heavy (non-hydrogen) atoms. The van der Waals surface area contributed by atoms with E-state index in [0.717, 1.165) is 12.8 Å². The van der Waals surface area contributed by atoms with Crippen LogP contribution < -0.4 is 5.32 Å². The zero-order chi connectivity index (χ0) is 12.1. The number of hydrogen-bond donors (Lipinski definition) is 2. The molecule has 1 aliphatic carbocycles. The molecule has 0 saturated heterocycles. The molecule has 0 heterocycles. The first-order chi connectivity index (χ1) is 7.56. The Morgan fingerprint density at radius 3 is 2.62 bits per heavy atom. The van der Waals surface area contributed by atoms with Gasteiger partial charge in [-0.15, -0.1) is 0 Å². The maximum Gasteiger partial charge on any atom is 0.326 e. The molecule has 92 valence electrons. The zero-order valence-electron chi connectivity index (χ0n) is 9.60. The molecule has 1 saturated carbocycles. The molecule has 0 aromatic carbocycles. The van der Waals surface area contributed by atoms with Crippen LogP contribution in [0.3, 0.4) is 0 Å². The fourth-order valence-electron chi connectivity index (χ4n) is 1.37. The lowest BCUT2D eigenvalue weighted by Gasteiger charge is -2.20. The van der Waals surface area contributed by atoms with Gasteiger partial charge in [-0.1, -0.05) is 0 Å². The van der Waals surface area contributed by atoms with Crippen molar-refractivity contribution in [3.05, 3.63) is 0 Å². The van der Waals surface area contributed by atoms with Crippen molar-refractivity contribution in [2.45, 2.75) is 31.3 Å². The highest BCUT2D eigenvalue weighted by molar-refractivity contribution is 5.82. The van der Waals surface area contributed by atoms with Gasteiger partial charge in [0.2, 0.25) is 0 Å². The summed E-state index contributed by atoms with van der Waals surface area (Å²) in [4.78, 5) is 24.0. The highest BCUT2D eigenvalue weighted by Crippen LogP contribution is 2.25. The third-order valence-electron chi connectivity index (χ3n) is 2.62. The fourth-order valence-corrected chi connectivity index (χ4v) is 1.37. The van der Waals surface area contributed by atoms with E-state index in [2.05, 4.69) is 5.32 Å². The van der Waals surface area contributed by atoms with Gasteiger partial charge in [0.1, 0.15) is 6.04 Å². The normalized spacial score (nSPS) is 16.6. The van der Waals surface area contributed by atoms with Crippen LogP contribution in [-0.4, -0.2) is 54.9 Å². The first-order valence-electron chi connectivity index (χ1n) is 5.31. The molecule has 1 aliphatic rings. The number of urea groups is 1. The molecule has 1 unspecified atom stereocenters. The van der Waals surface area contributed by atoms with Crippen LogP contribution in [0.1, 0.15) is 19.3 Å². The first kappa shape index (κ1) is 12.8. The second kappa shape index (κ2) is 5.69. The van der Waals surface area contributed by atoms with Crippen LogP contribution >= 0.6 is 0 Å². The lowest BCUT2D eigenvalue weighted by atomic mass is 10.2. The summed E-state index contributed by atoms with van der Waals surface area (Å²) in [6.07, 6.45) is 2.27. The summed E-state index contributed by atoms with van der Waals surface area (Å²) in [6, 6.07) is -0.934. The van der Waals surface area contributed by atoms with Crippen LogP contribution in [-0.2, 0) is 9.53 Å². The number of carboxylic acids is 1. The molecule has 6 heteroatoms. The predicted molar refractivity (Wildman–Crippen MR) is 57.2 cm³/mol. The first-order valence-corrected chi connectivity index (χ1v) is 5.31. The number of carbonyl (C=O) groups is 2. The fraction of sp³-hybridized carbons (Fsp3) is 0.800. The number of ether oxygens (including phenoxy) is 1. The number of carboxylic acid groups (broad SMARTS) is 1. The van der Waals surface area contributed by atoms with Crippen molar-refractivity contribution in [1.82, 2.24) is 10.2 Å². The van der Waals surface area contributed by atoms with E-state index in [-0.39, 0.29) is 18.5 Å². The third kappa shape index (κ3) is 3.69. The van der Waals surface area contributed by atoms with E-state index in [4.69, 9.17) is 9.84 Å².